The van der Waals surface area contributed by atoms with Crippen molar-refractivity contribution >= 4 is 11.8 Å². The highest BCUT2D eigenvalue weighted by Crippen LogP contribution is 2.26. The number of aromatic nitrogens is 3. The molecule has 1 aromatic heterocycles. The van der Waals surface area contributed by atoms with Crippen molar-refractivity contribution in [2.24, 2.45) is 0 Å². The molecule has 0 saturated carbocycles. The number of methoxy groups -OCH3 is 1. The Morgan fingerprint density at radius 3 is 2.52 bits per heavy atom. The maximum atomic E-state index is 13.2. The molecule has 1 aliphatic rings. The van der Waals surface area contributed by atoms with E-state index in [-0.39, 0.29) is 12.2 Å². The molecule has 2 aromatic carbocycles. The van der Waals surface area contributed by atoms with Crippen molar-refractivity contribution in [3.63, 3.8) is 0 Å². The monoisotopic (exact) mass is 411 g/mol. The van der Waals surface area contributed by atoms with Crippen LogP contribution in [0.2, 0.25) is 0 Å². The predicted octanol–water partition coefficient (Wildman–Crippen LogP) is 2.17. The minimum absolute atomic E-state index is 0.176. The molecule has 29 heavy (non-hydrogen) atoms. The second kappa shape index (κ2) is 8.16. The van der Waals surface area contributed by atoms with Crippen molar-refractivity contribution < 1.29 is 9.47 Å². The zero-order valence-corrected chi connectivity index (χ0v) is 17.1. The summed E-state index contributed by atoms with van der Waals surface area (Å²) in [4.78, 5) is 29.8. The molecule has 4 rings (SSSR count). The molecule has 0 N–H and O–H groups in total. The van der Waals surface area contributed by atoms with Gasteiger partial charge >= 0.3 is 11.4 Å². The van der Waals surface area contributed by atoms with Crippen LogP contribution in [-0.4, -0.2) is 34.1 Å². The van der Waals surface area contributed by atoms with Gasteiger partial charge in [-0.3, -0.25) is 4.57 Å². The van der Waals surface area contributed by atoms with Gasteiger partial charge in [0.1, 0.15) is 11.5 Å². The fourth-order valence-electron chi connectivity index (χ4n) is 3.37. The first-order valence-electron chi connectivity index (χ1n) is 9.22. The molecule has 0 saturated heterocycles. The van der Waals surface area contributed by atoms with E-state index in [1.165, 1.54) is 20.9 Å². The summed E-state index contributed by atoms with van der Waals surface area (Å²) in [6.45, 7) is 1.16. The minimum Gasteiger partial charge on any atom is -0.497 e. The second-order valence-corrected chi connectivity index (χ2v) is 7.50. The van der Waals surface area contributed by atoms with Crippen molar-refractivity contribution in [2.75, 3.05) is 20.0 Å². The summed E-state index contributed by atoms with van der Waals surface area (Å²) in [7, 11) is 1.61. The lowest BCUT2D eigenvalue weighted by Crippen LogP contribution is -2.42. The van der Waals surface area contributed by atoms with Gasteiger partial charge in [-0.1, -0.05) is 36.0 Å². The largest absolute Gasteiger partial charge is 0.497 e. The summed E-state index contributed by atoms with van der Waals surface area (Å²) in [5.74, 6) is 1.61. The molecular weight excluding hydrogens is 390 g/mol. The minimum atomic E-state index is -0.540. The van der Waals surface area contributed by atoms with Crippen LogP contribution in [0.25, 0.3) is 0 Å². The Hall–Kier alpha value is -3.00. The van der Waals surface area contributed by atoms with Crippen molar-refractivity contribution in [3.8, 4) is 11.5 Å². The van der Waals surface area contributed by atoms with Crippen LogP contribution in [0.1, 0.15) is 16.7 Å². The molecule has 0 bridgehead atoms. The molecule has 0 fully saturated rings. The number of benzene rings is 2. The van der Waals surface area contributed by atoms with E-state index >= 15 is 0 Å². The Morgan fingerprint density at radius 1 is 1.07 bits per heavy atom. The van der Waals surface area contributed by atoms with Crippen molar-refractivity contribution in [3.05, 3.63) is 80.1 Å². The lowest BCUT2D eigenvalue weighted by atomic mass is 10.1. The highest BCUT2D eigenvalue weighted by atomic mass is 32.2. The van der Waals surface area contributed by atoms with E-state index in [1.807, 2.05) is 42.5 Å². The Labute approximate surface area is 171 Å². The lowest BCUT2D eigenvalue weighted by Gasteiger charge is -2.14. The first-order chi connectivity index (χ1) is 14.1. The quantitative estimate of drug-likeness (QED) is 0.579. The summed E-state index contributed by atoms with van der Waals surface area (Å²) in [6, 6.07) is 13.2. The van der Waals surface area contributed by atoms with Crippen LogP contribution in [0.5, 0.6) is 11.5 Å². The molecule has 3 aromatic rings. The average molecular weight is 411 g/mol. The maximum absolute atomic E-state index is 13.2. The van der Waals surface area contributed by atoms with Crippen LogP contribution in [0.15, 0.2) is 57.2 Å². The van der Waals surface area contributed by atoms with Gasteiger partial charge in [0.15, 0.2) is 5.16 Å². The zero-order chi connectivity index (χ0) is 20.4. The average Bonchev–Trinajstić information content (AvgIpc) is 3.21. The molecule has 0 amide bonds. The van der Waals surface area contributed by atoms with Crippen LogP contribution in [0, 0.1) is 0 Å². The molecule has 0 aliphatic carbocycles. The Kier molecular flexibility index (Phi) is 5.44. The van der Waals surface area contributed by atoms with Crippen LogP contribution < -0.4 is 20.9 Å². The molecule has 1 aliphatic heterocycles. The number of nitrogens with zero attached hydrogens (tertiary/aromatic N) is 3. The fourth-order valence-corrected chi connectivity index (χ4v) is 3.91. The van der Waals surface area contributed by atoms with E-state index in [2.05, 4.69) is 4.98 Å². The van der Waals surface area contributed by atoms with E-state index in [9.17, 15) is 9.59 Å². The summed E-state index contributed by atoms with van der Waals surface area (Å²) < 4.78 is 13.4. The molecule has 0 atom stereocenters. The van der Waals surface area contributed by atoms with Crippen LogP contribution in [-0.2, 0) is 19.5 Å². The third kappa shape index (κ3) is 3.93. The molecular formula is C21H21N3O4S. The summed E-state index contributed by atoms with van der Waals surface area (Å²) in [5.41, 5.74) is 1.99. The third-order valence-electron chi connectivity index (χ3n) is 4.89. The predicted molar refractivity (Wildman–Crippen MR) is 111 cm³/mol. The molecule has 0 radical (unpaired) electrons. The van der Waals surface area contributed by atoms with Crippen LogP contribution >= 0.6 is 11.8 Å². The van der Waals surface area contributed by atoms with Gasteiger partial charge in [-0.2, -0.15) is 4.98 Å². The van der Waals surface area contributed by atoms with E-state index in [1.54, 1.807) is 13.4 Å². The van der Waals surface area contributed by atoms with Gasteiger partial charge in [0.05, 0.1) is 26.8 Å². The molecule has 7 nitrogen and oxygen atoms in total. The number of hydrogen-bond acceptors (Lipinski definition) is 6. The fraction of sp³-hybridized carbons (Fsp3) is 0.286. The zero-order valence-electron chi connectivity index (χ0n) is 16.3. The van der Waals surface area contributed by atoms with Gasteiger partial charge in [-0.25, -0.2) is 14.2 Å². The number of hydrogen-bond donors (Lipinski definition) is 0. The lowest BCUT2D eigenvalue weighted by molar-refractivity contribution is 0.357. The van der Waals surface area contributed by atoms with Gasteiger partial charge in [-0.05, 0) is 41.1 Å². The van der Waals surface area contributed by atoms with Gasteiger partial charge in [0.25, 0.3) is 0 Å². The van der Waals surface area contributed by atoms with Gasteiger partial charge in [0, 0.05) is 6.42 Å². The Balaban J connectivity index is 1.70. The van der Waals surface area contributed by atoms with E-state index < -0.39 is 5.69 Å². The summed E-state index contributed by atoms with van der Waals surface area (Å²) >= 11 is 1.28. The first kappa shape index (κ1) is 19.3. The second-order valence-electron chi connectivity index (χ2n) is 6.72. The van der Waals surface area contributed by atoms with E-state index in [4.69, 9.17) is 9.47 Å². The Bertz CT molecular complexity index is 1150. The molecule has 0 unspecified atom stereocenters. The topological polar surface area (TPSA) is 75.3 Å². The highest BCUT2D eigenvalue weighted by Gasteiger charge is 2.16. The molecule has 8 heteroatoms. The number of thioether (sulfide) groups is 1. The third-order valence-corrected chi connectivity index (χ3v) is 5.57. The van der Waals surface area contributed by atoms with Crippen molar-refractivity contribution in [1.82, 2.24) is 14.1 Å². The summed E-state index contributed by atoms with van der Waals surface area (Å²) in [5, 5.41) is 0.398. The Morgan fingerprint density at radius 2 is 1.79 bits per heavy atom. The molecule has 0 spiro atoms. The maximum Gasteiger partial charge on any atom is 0.354 e. The van der Waals surface area contributed by atoms with Crippen LogP contribution in [0.4, 0.5) is 0 Å². The van der Waals surface area contributed by atoms with Crippen molar-refractivity contribution in [1.29, 1.82) is 0 Å². The number of rotatable bonds is 6. The summed E-state index contributed by atoms with van der Waals surface area (Å²) in [6.07, 6.45) is 2.64. The van der Waals surface area contributed by atoms with Gasteiger partial charge < -0.3 is 9.47 Å². The number of ether oxygens (including phenoxy) is 2. The molecule has 150 valence electrons. The van der Waals surface area contributed by atoms with Gasteiger partial charge in [0.2, 0.25) is 0 Å². The number of fused-ring (bicyclic) bond motifs is 1. The SMILES string of the molecule is COc1ccc(Cn2c(SC)nc(=O)n(Cc3ccc4c(c3)CCO4)c2=O)cc1. The highest BCUT2D eigenvalue weighted by molar-refractivity contribution is 7.98. The smallest absolute Gasteiger partial charge is 0.354 e. The standard InChI is InChI=1S/C21H21N3O4S/c1-27-17-6-3-14(4-7-17)12-24-20(29-2)22-19(25)23(21(24)26)13-15-5-8-18-16(11-15)9-10-28-18/h3-8,11H,9-10,12-13H2,1-2H3. The normalized spacial score (nSPS) is 12.5. The van der Waals surface area contributed by atoms with Gasteiger partial charge in [-0.15, -0.1) is 0 Å². The van der Waals surface area contributed by atoms with E-state index in [0.717, 1.165) is 34.6 Å². The van der Waals surface area contributed by atoms with E-state index in [0.29, 0.717) is 18.3 Å². The first-order valence-corrected chi connectivity index (χ1v) is 10.4. The van der Waals surface area contributed by atoms with Crippen molar-refractivity contribution in [2.45, 2.75) is 24.7 Å². The molecule has 2 heterocycles. The van der Waals surface area contributed by atoms with Crippen LogP contribution in [0.3, 0.4) is 0 Å².